The molecular weight excluding hydrogens is 344 g/mol. The second-order valence-electron chi connectivity index (χ2n) is 7.67. The summed E-state index contributed by atoms with van der Waals surface area (Å²) in [5.41, 5.74) is 3.08. The first-order chi connectivity index (χ1) is 12.7. The average Bonchev–Trinajstić information content (AvgIpc) is 2.60. The summed E-state index contributed by atoms with van der Waals surface area (Å²) in [4.78, 5) is 26.3. The lowest BCUT2D eigenvalue weighted by molar-refractivity contribution is -0.139. The fraction of sp³-hybridized carbons (Fsp3) is 0.524. The molecule has 27 heavy (non-hydrogen) atoms. The van der Waals surface area contributed by atoms with Crippen LogP contribution in [0.2, 0.25) is 0 Å². The molecule has 2 rings (SSSR count). The van der Waals surface area contributed by atoms with Gasteiger partial charge in [0.05, 0.1) is 18.7 Å². The molecule has 0 atom stereocenters. The number of carbonyl (C=O) groups excluding carboxylic acids is 2. The molecule has 148 valence electrons. The van der Waals surface area contributed by atoms with Gasteiger partial charge in [-0.05, 0) is 40.2 Å². The van der Waals surface area contributed by atoms with Crippen LogP contribution in [-0.4, -0.2) is 42.3 Å². The van der Waals surface area contributed by atoms with E-state index in [1.54, 1.807) is 11.8 Å². The number of esters is 1. The molecule has 1 aromatic rings. The van der Waals surface area contributed by atoms with Gasteiger partial charge < -0.3 is 19.7 Å². The summed E-state index contributed by atoms with van der Waals surface area (Å²) < 4.78 is 10.6. The summed E-state index contributed by atoms with van der Waals surface area (Å²) in [7, 11) is 0. The van der Waals surface area contributed by atoms with E-state index in [-0.39, 0.29) is 6.54 Å². The number of carbonyl (C=O) groups is 2. The zero-order valence-corrected chi connectivity index (χ0v) is 16.9. The third kappa shape index (κ3) is 6.31. The van der Waals surface area contributed by atoms with Gasteiger partial charge in [0.15, 0.2) is 0 Å². The first-order valence-corrected chi connectivity index (χ1v) is 9.36. The third-order valence-corrected chi connectivity index (χ3v) is 4.15. The maximum Gasteiger partial charge on any atom is 0.410 e. The van der Waals surface area contributed by atoms with Crippen molar-refractivity contribution in [3.05, 3.63) is 46.7 Å². The zero-order valence-electron chi connectivity index (χ0n) is 16.9. The lowest BCUT2D eigenvalue weighted by Gasteiger charge is -2.32. The maximum absolute atomic E-state index is 12.4. The lowest BCUT2D eigenvalue weighted by Crippen LogP contribution is -2.43. The molecule has 1 heterocycles. The molecule has 1 aromatic carbocycles. The lowest BCUT2D eigenvalue weighted by atomic mass is 10.1. The smallest absolute Gasteiger partial charge is 0.410 e. The fourth-order valence-electron chi connectivity index (χ4n) is 2.76. The van der Waals surface area contributed by atoms with E-state index < -0.39 is 17.7 Å². The van der Waals surface area contributed by atoms with Gasteiger partial charge >= 0.3 is 12.1 Å². The normalized spacial score (nSPS) is 14.8. The molecule has 0 aromatic heterocycles. The summed E-state index contributed by atoms with van der Waals surface area (Å²) in [5.74, 6) is -0.392. The third-order valence-electron chi connectivity index (χ3n) is 4.15. The van der Waals surface area contributed by atoms with Gasteiger partial charge in [-0.3, -0.25) is 0 Å². The number of rotatable bonds is 5. The SMILES string of the molecule is CCOC(=O)C1=C(NCc2ccc(C)cc2)CCN(C(=O)OC(C)(C)C)C1. The zero-order chi connectivity index (χ0) is 20.0. The van der Waals surface area contributed by atoms with Crippen molar-refractivity contribution in [1.82, 2.24) is 10.2 Å². The molecule has 1 aliphatic rings. The van der Waals surface area contributed by atoms with Crippen LogP contribution in [0.1, 0.15) is 45.2 Å². The molecule has 0 saturated heterocycles. The second-order valence-corrected chi connectivity index (χ2v) is 7.67. The van der Waals surface area contributed by atoms with Crippen molar-refractivity contribution >= 4 is 12.1 Å². The van der Waals surface area contributed by atoms with Crippen molar-refractivity contribution in [3.63, 3.8) is 0 Å². The minimum atomic E-state index is -0.575. The van der Waals surface area contributed by atoms with Crippen LogP contribution in [0.15, 0.2) is 35.5 Å². The monoisotopic (exact) mass is 374 g/mol. The Morgan fingerprint density at radius 3 is 2.44 bits per heavy atom. The molecule has 0 fully saturated rings. The Kier molecular flexibility index (Phi) is 6.88. The van der Waals surface area contributed by atoms with E-state index in [4.69, 9.17) is 9.47 Å². The summed E-state index contributed by atoms with van der Waals surface area (Å²) in [6.45, 7) is 10.9. The summed E-state index contributed by atoms with van der Waals surface area (Å²) >= 11 is 0. The van der Waals surface area contributed by atoms with Crippen molar-refractivity contribution in [2.75, 3.05) is 19.7 Å². The fourth-order valence-corrected chi connectivity index (χ4v) is 2.76. The van der Waals surface area contributed by atoms with Crippen molar-refractivity contribution in [2.45, 2.75) is 53.2 Å². The van der Waals surface area contributed by atoms with Gasteiger partial charge in [0.2, 0.25) is 0 Å². The Bertz CT molecular complexity index is 702. The van der Waals surface area contributed by atoms with Crippen molar-refractivity contribution in [1.29, 1.82) is 0 Å². The molecule has 6 nitrogen and oxygen atoms in total. The molecule has 0 saturated carbocycles. The molecular formula is C21H30N2O4. The molecule has 6 heteroatoms. The summed E-state index contributed by atoms with van der Waals surface area (Å²) in [5, 5.41) is 3.35. The molecule has 1 aliphatic heterocycles. The van der Waals surface area contributed by atoms with E-state index in [2.05, 4.69) is 29.6 Å². The van der Waals surface area contributed by atoms with Crippen molar-refractivity contribution in [3.8, 4) is 0 Å². The van der Waals surface area contributed by atoms with Gasteiger partial charge in [-0.15, -0.1) is 0 Å². The van der Waals surface area contributed by atoms with Gasteiger partial charge in [0, 0.05) is 25.2 Å². The quantitative estimate of drug-likeness (QED) is 0.799. The predicted molar refractivity (Wildman–Crippen MR) is 104 cm³/mol. The van der Waals surface area contributed by atoms with Crippen LogP contribution in [0.3, 0.4) is 0 Å². The molecule has 0 unspecified atom stereocenters. The van der Waals surface area contributed by atoms with Crippen LogP contribution < -0.4 is 5.32 Å². The van der Waals surface area contributed by atoms with Gasteiger partial charge in [-0.25, -0.2) is 9.59 Å². The number of hydrogen-bond acceptors (Lipinski definition) is 5. The highest BCUT2D eigenvalue weighted by atomic mass is 16.6. The molecule has 1 N–H and O–H groups in total. The summed E-state index contributed by atoms with van der Waals surface area (Å²) in [6, 6.07) is 8.23. The Balaban J connectivity index is 2.12. The van der Waals surface area contributed by atoms with Gasteiger partial charge in [-0.1, -0.05) is 29.8 Å². The van der Waals surface area contributed by atoms with Crippen LogP contribution >= 0.6 is 0 Å². The van der Waals surface area contributed by atoms with Gasteiger partial charge in [0.25, 0.3) is 0 Å². The number of nitrogens with zero attached hydrogens (tertiary/aromatic N) is 1. The predicted octanol–water partition coefficient (Wildman–Crippen LogP) is 3.54. The number of amides is 1. The van der Waals surface area contributed by atoms with E-state index in [0.29, 0.717) is 31.7 Å². The van der Waals surface area contributed by atoms with Crippen molar-refractivity contribution in [2.24, 2.45) is 0 Å². The first kappa shape index (κ1) is 20.8. The highest BCUT2D eigenvalue weighted by Crippen LogP contribution is 2.20. The van der Waals surface area contributed by atoms with E-state index in [1.807, 2.05) is 27.7 Å². The van der Waals surface area contributed by atoms with E-state index in [9.17, 15) is 9.59 Å². The number of nitrogens with one attached hydrogen (secondary N) is 1. The highest BCUT2D eigenvalue weighted by Gasteiger charge is 2.30. The number of hydrogen-bond donors (Lipinski definition) is 1. The maximum atomic E-state index is 12.4. The molecule has 0 bridgehead atoms. The van der Waals surface area contributed by atoms with Gasteiger partial charge in [0.1, 0.15) is 5.60 Å². The Morgan fingerprint density at radius 1 is 1.19 bits per heavy atom. The van der Waals surface area contributed by atoms with Gasteiger partial charge in [-0.2, -0.15) is 0 Å². The standard InChI is InChI=1S/C21H30N2O4/c1-6-26-19(24)17-14-23(20(25)27-21(3,4)5)12-11-18(17)22-13-16-9-7-15(2)8-10-16/h7-10,22H,6,11-14H2,1-5H3. The average molecular weight is 374 g/mol. The minimum Gasteiger partial charge on any atom is -0.463 e. The topological polar surface area (TPSA) is 67.9 Å². The molecule has 1 amide bonds. The van der Waals surface area contributed by atoms with E-state index in [1.165, 1.54) is 5.56 Å². The second kappa shape index (κ2) is 8.93. The number of ether oxygens (including phenoxy) is 2. The number of aryl methyl sites for hydroxylation is 1. The Hall–Kier alpha value is -2.50. The van der Waals surface area contributed by atoms with E-state index >= 15 is 0 Å². The number of benzene rings is 1. The largest absolute Gasteiger partial charge is 0.463 e. The molecule has 0 aliphatic carbocycles. The highest BCUT2D eigenvalue weighted by molar-refractivity contribution is 5.90. The van der Waals surface area contributed by atoms with Crippen LogP contribution in [0, 0.1) is 6.92 Å². The van der Waals surface area contributed by atoms with Crippen LogP contribution in [0.5, 0.6) is 0 Å². The van der Waals surface area contributed by atoms with Crippen LogP contribution in [0.25, 0.3) is 0 Å². The summed E-state index contributed by atoms with van der Waals surface area (Å²) in [6.07, 6.45) is 0.140. The Morgan fingerprint density at radius 2 is 1.85 bits per heavy atom. The van der Waals surface area contributed by atoms with E-state index in [0.717, 1.165) is 11.3 Å². The molecule has 0 radical (unpaired) electrons. The van der Waals surface area contributed by atoms with Crippen LogP contribution in [0.4, 0.5) is 4.79 Å². The van der Waals surface area contributed by atoms with Crippen molar-refractivity contribution < 1.29 is 19.1 Å². The minimum absolute atomic E-state index is 0.185. The Labute approximate surface area is 161 Å². The molecule has 0 spiro atoms. The van der Waals surface area contributed by atoms with Crippen LogP contribution in [-0.2, 0) is 20.8 Å². The first-order valence-electron chi connectivity index (χ1n) is 9.36.